The number of rotatable bonds is 8. The van der Waals surface area contributed by atoms with Gasteiger partial charge in [-0.15, -0.1) is 23.1 Å². The van der Waals surface area contributed by atoms with Crippen molar-refractivity contribution in [1.82, 2.24) is 10.6 Å². The maximum Gasteiger partial charge on any atom is 0.251 e. The normalized spacial score (nSPS) is 11.8. The molecule has 1 heterocycles. The molecule has 3 N–H and O–H groups in total. The van der Waals surface area contributed by atoms with Crippen molar-refractivity contribution in [3.8, 4) is 0 Å². The summed E-state index contributed by atoms with van der Waals surface area (Å²) in [6, 6.07) is 11.1. The minimum atomic E-state index is -0.122. The molecule has 0 saturated carbocycles. The predicted octanol–water partition coefficient (Wildman–Crippen LogP) is 2.82. The average Bonchev–Trinajstić information content (AvgIpc) is 3.11. The molecule has 2 amide bonds. The summed E-state index contributed by atoms with van der Waals surface area (Å²) in [7, 11) is 1.85. The highest BCUT2D eigenvalue weighted by atomic mass is 32.2. The van der Waals surface area contributed by atoms with E-state index in [2.05, 4.69) is 16.0 Å². The summed E-state index contributed by atoms with van der Waals surface area (Å²) in [6.45, 7) is 2.56. The second kappa shape index (κ2) is 9.46. The maximum absolute atomic E-state index is 12.0. The smallest absolute Gasteiger partial charge is 0.251 e. The monoisotopic (exact) mass is 363 g/mol. The minimum Gasteiger partial charge on any atom is -0.350 e. The van der Waals surface area contributed by atoms with Gasteiger partial charge in [-0.05, 0) is 49.7 Å². The summed E-state index contributed by atoms with van der Waals surface area (Å²) in [5.41, 5.74) is 1.26. The number of likely N-dealkylation sites (N-methyl/N-ethyl adjacent to an activating group) is 1. The summed E-state index contributed by atoms with van der Waals surface area (Å²) in [5.74, 6) is 0.182. The molecule has 0 aliphatic carbocycles. The first-order valence-corrected chi connectivity index (χ1v) is 9.46. The van der Waals surface area contributed by atoms with Gasteiger partial charge in [0.1, 0.15) is 0 Å². The number of hydrogen-bond acceptors (Lipinski definition) is 5. The number of amides is 2. The molecule has 2 rings (SSSR count). The Morgan fingerprint density at radius 2 is 1.96 bits per heavy atom. The number of carbonyl (C=O) groups is 2. The van der Waals surface area contributed by atoms with E-state index >= 15 is 0 Å². The fraction of sp³-hybridized carbons (Fsp3) is 0.294. The van der Waals surface area contributed by atoms with Crippen molar-refractivity contribution < 1.29 is 9.59 Å². The van der Waals surface area contributed by atoms with Crippen LogP contribution in [0, 0.1) is 0 Å². The number of carbonyl (C=O) groups excluding carboxylic acids is 2. The van der Waals surface area contributed by atoms with Crippen LogP contribution in [0.4, 0.5) is 5.69 Å². The van der Waals surface area contributed by atoms with Crippen LogP contribution < -0.4 is 16.0 Å². The van der Waals surface area contributed by atoms with Gasteiger partial charge in [0.05, 0.1) is 9.96 Å². The fourth-order valence-electron chi connectivity index (χ4n) is 1.83. The molecule has 2 aromatic rings. The van der Waals surface area contributed by atoms with Crippen LogP contribution in [-0.4, -0.2) is 37.2 Å². The van der Waals surface area contributed by atoms with E-state index in [1.807, 2.05) is 31.5 Å². The number of hydrogen-bond donors (Lipinski definition) is 3. The van der Waals surface area contributed by atoms with Gasteiger partial charge >= 0.3 is 0 Å². The zero-order valence-electron chi connectivity index (χ0n) is 13.7. The Labute approximate surface area is 150 Å². The van der Waals surface area contributed by atoms with E-state index in [0.717, 1.165) is 4.21 Å². The van der Waals surface area contributed by atoms with Crippen LogP contribution in [0.15, 0.2) is 46.0 Å². The number of benzene rings is 1. The first-order valence-electron chi connectivity index (χ1n) is 7.60. The van der Waals surface area contributed by atoms with Crippen LogP contribution >= 0.6 is 23.1 Å². The Morgan fingerprint density at radius 3 is 2.58 bits per heavy atom. The van der Waals surface area contributed by atoms with Crippen molar-refractivity contribution in [2.24, 2.45) is 0 Å². The Hall–Kier alpha value is -1.83. The zero-order valence-corrected chi connectivity index (χ0v) is 15.3. The van der Waals surface area contributed by atoms with E-state index in [0.29, 0.717) is 23.5 Å². The number of thiophene rings is 1. The molecule has 0 fully saturated rings. The second-order valence-electron chi connectivity index (χ2n) is 5.25. The van der Waals surface area contributed by atoms with Gasteiger partial charge in [0.25, 0.3) is 5.91 Å². The molecular weight excluding hydrogens is 342 g/mol. The maximum atomic E-state index is 12.0. The molecule has 5 nitrogen and oxygen atoms in total. The molecule has 24 heavy (non-hydrogen) atoms. The molecule has 0 bridgehead atoms. The van der Waals surface area contributed by atoms with E-state index in [1.165, 1.54) is 11.8 Å². The van der Waals surface area contributed by atoms with E-state index in [9.17, 15) is 9.59 Å². The standard InChI is InChI=1S/C17H21N3O2S2/c1-12(18-2)10-19-17(22)13-5-7-14(8-6-13)20-15(21)11-24-16-4-3-9-23-16/h3-9,12,18H,10-11H2,1-2H3,(H,19,22)(H,20,21). The first kappa shape index (κ1) is 18.5. The third kappa shape index (κ3) is 5.99. The number of thioether (sulfide) groups is 1. The molecule has 1 atom stereocenters. The van der Waals surface area contributed by atoms with Crippen molar-refractivity contribution in [3.05, 3.63) is 47.3 Å². The highest BCUT2D eigenvalue weighted by molar-refractivity contribution is 8.01. The molecule has 7 heteroatoms. The third-order valence-corrected chi connectivity index (χ3v) is 5.46. The first-order chi connectivity index (χ1) is 11.6. The summed E-state index contributed by atoms with van der Waals surface area (Å²) in [6.07, 6.45) is 0. The lowest BCUT2D eigenvalue weighted by Crippen LogP contribution is -2.37. The van der Waals surface area contributed by atoms with Crippen LogP contribution in [0.25, 0.3) is 0 Å². The fourth-order valence-corrected chi connectivity index (χ4v) is 3.42. The molecule has 1 aromatic heterocycles. The lowest BCUT2D eigenvalue weighted by Gasteiger charge is -2.11. The van der Waals surface area contributed by atoms with Crippen LogP contribution in [0.3, 0.4) is 0 Å². The Kier molecular flexibility index (Phi) is 7.30. The van der Waals surface area contributed by atoms with Crippen LogP contribution in [0.5, 0.6) is 0 Å². The summed E-state index contributed by atoms with van der Waals surface area (Å²) in [4.78, 5) is 23.9. The minimum absolute atomic E-state index is 0.0616. The van der Waals surface area contributed by atoms with E-state index in [-0.39, 0.29) is 17.9 Å². The molecule has 0 saturated heterocycles. The van der Waals surface area contributed by atoms with E-state index in [4.69, 9.17) is 0 Å². The van der Waals surface area contributed by atoms with Gasteiger partial charge in [0, 0.05) is 23.8 Å². The molecule has 0 aliphatic rings. The lowest BCUT2D eigenvalue weighted by atomic mass is 10.2. The molecule has 1 aromatic carbocycles. The molecule has 128 valence electrons. The van der Waals surface area contributed by atoms with Crippen molar-refractivity contribution in [3.63, 3.8) is 0 Å². The van der Waals surface area contributed by atoms with Gasteiger partial charge in [0.2, 0.25) is 5.91 Å². The van der Waals surface area contributed by atoms with Gasteiger partial charge in [-0.1, -0.05) is 6.07 Å². The quantitative estimate of drug-likeness (QED) is 0.631. The Morgan fingerprint density at radius 1 is 1.21 bits per heavy atom. The SMILES string of the molecule is CNC(C)CNC(=O)c1ccc(NC(=O)CSc2cccs2)cc1. The van der Waals surface area contributed by atoms with Crippen LogP contribution in [0.2, 0.25) is 0 Å². The van der Waals surface area contributed by atoms with Crippen molar-refractivity contribution in [2.45, 2.75) is 17.2 Å². The summed E-state index contributed by atoms with van der Waals surface area (Å²) in [5, 5.41) is 10.7. The van der Waals surface area contributed by atoms with E-state index in [1.54, 1.807) is 35.6 Å². The van der Waals surface area contributed by atoms with Gasteiger partial charge < -0.3 is 16.0 Å². The van der Waals surface area contributed by atoms with Gasteiger partial charge in [-0.3, -0.25) is 9.59 Å². The van der Waals surface area contributed by atoms with Crippen LogP contribution in [0.1, 0.15) is 17.3 Å². The molecule has 0 aliphatic heterocycles. The Bertz CT molecular complexity index is 657. The van der Waals surface area contributed by atoms with Gasteiger partial charge in [0.15, 0.2) is 0 Å². The van der Waals surface area contributed by atoms with Crippen molar-refractivity contribution in [1.29, 1.82) is 0 Å². The predicted molar refractivity (Wildman–Crippen MR) is 101 cm³/mol. The second-order valence-corrected chi connectivity index (χ2v) is 7.47. The van der Waals surface area contributed by atoms with Crippen molar-refractivity contribution in [2.75, 3.05) is 24.7 Å². The Balaban J connectivity index is 1.80. The van der Waals surface area contributed by atoms with Gasteiger partial charge in [-0.25, -0.2) is 0 Å². The molecule has 0 radical (unpaired) electrons. The third-order valence-electron chi connectivity index (χ3n) is 3.33. The average molecular weight is 364 g/mol. The molecule has 0 spiro atoms. The highest BCUT2D eigenvalue weighted by Crippen LogP contribution is 2.23. The largest absolute Gasteiger partial charge is 0.350 e. The number of anilines is 1. The van der Waals surface area contributed by atoms with E-state index < -0.39 is 0 Å². The summed E-state index contributed by atoms with van der Waals surface area (Å²) >= 11 is 3.13. The number of nitrogens with one attached hydrogen (secondary N) is 3. The molecule has 1 unspecified atom stereocenters. The summed E-state index contributed by atoms with van der Waals surface area (Å²) < 4.78 is 1.12. The highest BCUT2D eigenvalue weighted by Gasteiger charge is 2.08. The van der Waals surface area contributed by atoms with Crippen molar-refractivity contribution >= 4 is 40.6 Å². The van der Waals surface area contributed by atoms with Crippen LogP contribution in [-0.2, 0) is 4.79 Å². The molecular formula is C17H21N3O2S2. The zero-order chi connectivity index (χ0) is 17.4. The lowest BCUT2D eigenvalue weighted by molar-refractivity contribution is -0.113. The topological polar surface area (TPSA) is 70.2 Å². The van der Waals surface area contributed by atoms with Gasteiger partial charge in [-0.2, -0.15) is 0 Å².